The van der Waals surface area contributed by atoms with Crippen molar-refractivity contribution in [3.05, 3.63) is 53.1 Å². The number of carbonyl (C=O) groups is 2. The summed E-state index contributed by atoms with van der Waals surface area (Å²) in [6, 6.07) is 12.3. The van der Waals surface area contributed by atoms with Crippen molar-refractivity contribution in [2.45, 2.75) is 75.8 Å². The molecular weight excluding hydrogens is 627 g/mol. The molecule has 4 fully saturated rings. The first-order chi connectivity index (χ1) is 23.0. The molecular formula is C37H47N5O5S. The molecule has 11 heteroatoms. The number of likely N-dealkylation sites (N-methyl/N-ethyl adjacent to an activating group) is 1. The molecule has 1 N–H and O–H groups in total. The Labute approximate surface area is 283 Å². The van der Waals surface area contributed by atoms with E-state index < -0.39 is 21.5 Å². The fourth-order valence-corrected chi connectivity index (χ4v) is 10.1. The van der Waals surface area contributed by atoms with E-state index in [1.165, 1.54) is 57.3 Å². The molecule has 0 bridgehead atoms. The summed E-state index contributed by atoms with van der Waals surface area (Å²) in [7, 11) is 2.71. The number of likely N-dealkylation sites (tertiary alicyclic amines) is 2. The van der Waals surface area contributed by atoms with Gasteiger partial charge in [-0.25, -0.2) is 4.72 Å². The van der Waals surface area contributed by atoms with E-state index in [-0.39, 0.29) is 17.4 Å². The summed E-state index contributed by atoms with van der Waals surface area (Å²) in [5.41, 5.74) is 5.31. The maximum Gasteiger partial charge on any atom is 0.303 e. The van der Waals surface area contributed by atoms with Gasteiger partial charge >= 0.3 is 10.2 Å². The van der Waals surface area contributed by atoms with E-state index >= 15 is 0 Å². The Morgan fingerprint density at radius 2 is 1.79 bits per heavy atom. The molecule has 2 aromatic carbocycles. The molecule has 256 valence electrons. The van der Waals surface area contributed by atoms with Crippen molar-refractivity contribution in [3.63, 3.8) is 0 Å². The van der Waals surface area contributed by atoms with E-state index in [4.69, 9.17) is 4.74 Å². The zero-order valence-corrected chi connectivity index (χ0v) is 29.3. The van der Waals surface area contributed by atoms with Gasteiger partial charge in [0, 0.05) is 67.7 Å². The van der Waals surface area contributed by atoms with Crippen molar-refractivity contribution in [1.82, 2.24) is 23.4 Å². The van der Waals surface area contributed by atoms with Gasteiger partial charge in [0.25, 0.3) is 5.91 Å². The highest BCUT2D eigenvalue weighted by Crippen LogP contribution is 2.66. The summed E-state index contributed by atoms with van der Waals surface area (Å²) in [5, 5.41) is 1.08. The number of nitrogens with one attached hydrogen (secondary N) is 1. The van der Waals surface area contributed by atoms with Gasteiger partial charge in [-0.05, 0) is 99.0 Å². The van der Waals surface area contributed by atoms with Gasteiger partial charge < -0.3 is 19.1 Å². The maximum atomic E-state index is 14.9. The van der Waals surface area contributed by atoms with E-state index in [9.17, 15) is 18.0 Å². The number of hydrogen-bond acceptors (Lipinski definition) is 6. The number of carbonyl (C=O) groups excluding carboxylic acids is 2. The average molecular weight is 674 g/mol. The highest BCUT2D eigenvalue weighted by Gasteiger charge is 2.64. The van der Waals surface area contributed by atoms with E-state index in [2.05, 4.69) is 38.3 Å². The van der Waals surface area contributed by atoms with E-state index in [1.54, 1.807) is 13.2 Å². The molecule has 2 aliphatic carbocycles. The Kier molecular flexibility index (Phi) is 7.69. The summed E-state index contributed by atoms with van der Waals surface area (Å²) in [6.07, 6.45) is 8.88. The molecule has 4 atom stereocenters. The summed E-state index contributed by atoms with van der Waals surface area (Å²) in [5.74, 6) is 1.31. The number of ether oxygens (including phenoxy) is 1. The van der Waals surface area contributed by atoms with E-state index in [0.717, 1.165) is 71.1 Å². The van der Waals surface area contributed by atoms with Crippen LogP contribution in [0.5, 0.6) is 5.75 Å². The van der Waals surface area contributed by atoms with Gasteiger partial charge in [-0.1, -0.05) is 25.3 Å². The van der Waals surface area contributed by atoms with Crippen LogP contribution in [0.25, 0.3) is 22.2 Å². The van der Waals surface area contributed by atoms with Gasteiger partial charge in [0.05, 0.1) is 18.2 Å². The highest BCUT2D eigenvalue weighted by molar-refractivity contribution is 7.87. The molecule has 48 heavy (non-hydrogen) atoms. The van der Waals surface area contributed by atoms with Crippen LogP contribution in [0.1, 0.15) is 84.7 Å². The fraction of sp³-hybridized carbons (Fsp3) is 0.568. The summed E-state index contributed by atoms with van der Waals surface area (Å²) in [4.78, 5) is 32.9. The van der Waals surface area contributed by atoms with E-state index in [1.807, 2.05) is 18.2 Å². The van der Waals surface area contributed by atoms with Gasteiger partial charge in [0.15, 0.2) is 0 Å². The Balaban J connectivity index is 1.29. The Bertz CT molecular complexity index is 1910. The number of benzene rings is 2. The molecule has 2 saturated heterocycles. The van der Waals surface area contributed by atoms with Crippen LogP contribution < -0.4 is 9.46 Å². The predicted octanol–water partition coefficient (Wildman–Crippen LogP) is 4.94. The summed E-state index contributed by atoms with van der Waals surface area (Å²) < 4.78 is 36.5. The van der Waals surface area contributed by atoms with Crippen LogP contribution in [0, 0.1) is 11.3 Å². The highest BCUT2D eigenvalue weighted by atomic mass is 32.2. The first kappa shape index (κ1) is 31.8. The van der Waals surface area contributed by atoms with Crippen molar-refractivity contribution in [3.8, 4) is 17.0 Å². The minimum absolute atomic E-state index is 0.0707. The second-order valence-electron chi connectivity index (χ2n) is 15.2. The summed E-state index contributed by atoms with van der Waals surface area (Å²) >= 11 is 0. The first-order valence-electron chi connectivity index (χ1n) is 17.6. The smallest absolute Gasteiger partial charge is 0.303 e. The first-order valence-corrected chi connectivity index (χ1v) is 19.0. The van der Waals surface area contributed by atoms with Crippen LogP contribution in [0.3, 0.4) is 0 Å². The number of rotatable bonds is 6. The Morgan fingerprint density at radius 1 is 1.00 bits per heavy atom. The Hall–Kier alpha value is -3.41. The standard InChI is InChI=1S/C37H47N5O5S/c1-39(2)48(45,46)38-35(43)24-12-14-28-31(17-24)42-22-37(36(44)41-20-25-11-8-16-40(3)32(25)21-41)19-30(37)29-18-26(47-4)13-15-27(29)34(42)33(28)23-9-6-5-7-10-23/h12-15,17-18,23,25,30,32H,5-11,16,19-22H2,1-4H3,(H,38,43). The third-order valence-corrected chi connectivity index (χ3v) is 13.7. The SMILES string of the molecule is COc1ccc2c(c1)C1CC1(C(=O)N1CC3CCCN(C)C3C1)Cn1c-2c(C2CCCCC2)c2ccc(C(=O)NS(=O)(=O)N(C)C)cc21. The quantitative estimate of drug-likeness (QED) is 0.398. The topological polar surface area (TPSA) is 104 Å². The molecule has 3 aliphatic heterocycles. The monoisotopic (exact) mass is 673 g/mol. The lowest BCUT2D eigenvalue weighted by Crippen LogP contribution is -2.43. The number of fused-ring (bicyclic) bond motifs is 8. The van der Waals surface area contributed by atoms with Gasteiger partial charge in [-0.15, -0.1) is 0 Å². The Morgan fingerprint density at radius 3 is 2.52 bits per heavy atom. The van der Waals surface area contributed by atoms with E-state index in [0.29, 0.717) is 24.4 Å². The lowest BCUT2D eigenvalue weighted by molar-refractivity contribution is -0.137. The second-order valence-corrected chi connectivity index (χ2v) is 17.0. The molecule has 4 heterocycles. The van der Waals surface area contributed by atoms with Crippen LogP contribution in [0.15, 0.2) is 36.4 Å². The number of nitrogens with zero attached hydrogens (tertiary/aromatic N) is 4. The van der Waals surface area contributed by atoms with Crippen molar-refractivity contribution in [2.75, 3.05) is 47.9 Å². The summed E-state index contributed by atoms with van der Waals surface area (Å²) in [6.45, 7) is 3.19. The second kappa shape index (κ2) is 11.6. The number of amides is 2. The lowest BCUT2D eigenvalue weighted by Gasteiger charge is -2.33. The lowest BCUT2D eigenvalue weighted by atomic mass is 9.81. The molecule has 0 radical (unpaired) electrons. The molecule has 8 rings (SSSR count). The molecule has 4 unspecified atom stereocenters. The molecule has 2 amide bonds. The third kappa shape index (κ3) is 4.98. The molecule has 0 spiro atoms. The number of methoxy groups -OCH3 is 1. The molecule has 5 aliphatic rings. The van der Waals surface area contributed by atoms with Gasteiger partial charge in [0.2, 0.25) is 5.91 Å². The normalized spacial score (nSPS) is 27.2. The van der Waals surface area contributed by atoms with Crippen LogP contribution >= 0.6 is 0 Å². The molecule has 3 aromatic rings. The molecule has 1 aromatic heterocycles. The fourth-order valence-electron chi connectivity index (χ4n) is 9.58. The minimum Gasteiger partial charge on any atom is -0.497 e. The van der Waals surface area contributed by atoms with Crippen molar-refractivity contribution in [2.24, 2.45) is 11.3 Å². The van der Waals surface area contributed by atoms with Gasteiger partial charge in [-0.2, -0.15) is 12.7 Å². The largest absolute Gasteiger partial charge is 0.497 e. The third-order valence-electron chi connectivity index (χ3n) is 12.3. The minimum atomic E-state index is -3.96. The zero-order valence-electron chi connectivity index (χ0n) is 28.5. The average Bonchev–Trinajstić information content (AvgIpc) is 3.53. The predicted molar refractivity (Wildman–Crippen MR) is 185 cm³/mol. The van der Waals surface area contributed by atoms with Crippen LogP contribution in [-0.2, 0) is 21.5 Å². The maximum absolute atomic E-state index is 14.9. The van der Waals surface area contributed by atoms with Crippen molar-refractivity contribution < 1.29 is 22.7 Å². The van der Waals surface area contributed by atoms with Crippen molar-refractivity contribution in [1.29, 1.82) is 0 Å². The number of piperidine rings is 1. The van der Waals surface area contributed by atoms with Gasteiger partial charge in [-0.3, -0.25) is 9.59 Å². The number of hydrogen-bond donors (Lipinski definition) is 1. The molecule has 2 saturated carbocycles. The van der Waals surface area contributed by atoms with Gasteiger partial charge in [0.1, 0.15) is 5.75 Å². The number of aromatic nitrogens is 1. The van der Waals surface area contributed by atoms with Crippen LogP contribution in [-0.4, -0.2) is 92.8 Å². The zero-order chi connectivity index (χ0) is 33.5. The molecule has 10 nitrogen and oxygen atoms in total. The van der Waals surface area contributed by atoms with Crippen LogP contribution in [0.2, 0.25) is 0 Å². The van der Waals surface area contributed by atoms with Crippen LogP contribution in [0.4, 0.5) is 0 Å². The van der Waals surface area contributed by atoms with Crippen molar-refractivity contribution >= 4 is 32.9 Å².